The molecule has 3 fully saturated rings. The molecule has 1 unspecified atom stereocenters. The van der Waals surface area contributed by atoms with Crippen LogP contribution in [-0.2, 0) is 19.1 Å². The van der Waals surface area contributed by atoms with Crippen molar-refractivity contribution in [1.29, 1.82) is 0 Å². The van der Waals surface area contributed by atoms with Gasteiger partial charge in [-0.25, -0.2) is 0 Å². The van der Waals surface area contributed by atoms with Crippen LogP contribution in [0, 0.1) is 17.8 Å². The molecular formula is C23H32N2O5S. The van der Waals surface area contributed by atoms with Crippen molar-refractivity contribution in [3.8, 4) is 0 Å². The molecule has 1 aromatic rings. The molecule has 7 nitrogen and oxygen atoms in total. The number of hydrogen-bond donors (Lipinski definition) is 0. The van der Waals surface area contributed by atoms with Crippen LogP contribution in [0.25, 0.3) is 0 Å². The Labute approximate surface area is 184 Å². The second-order valence-electron chi connectivity index (χ2n) is 9.30. The van der Waals surface area contributed by atoms with Crippen molar-refractivity contribution in [2.45, 2.75) is 44.6 Å². The van der Waals surface area contributed by atoms with Crippen LogP contribution < -0.4 is 0 Å². The van der Waals surface area contributed by atoms with Gasteiger partial charge in [0.05, 0.1) is 12.9 Å². The lowest BCUT2D eigenvalue weighted by Gasteiger charge is -2.47. The van der Waals surface area contributed by atoms with Gasteiger partial charge >= 0.3 is 0 Å². The summed E-state index contributed by atoms with van der Waals surface area (Å²) in [5.74, 6) is 0.812. The minimum Gasteiger partial charge on any atom is -0.341 e. The Balaban J connectivity index is 1.51. The second kappa shape index (κ2) is 9.28. The van der Waals surface area contributed by atoms with E-state index in [1.54, 1.807) is 0 Å². The van der Waals surface area contributed by atoms with E-state index in [-0.39, 0.29) is 24.3 Å². The maximum absolute atomic E-state index is 13.4. The van der Waals surface area contributed by atoms with Crippen molar-refractivity contribution in [1.82, 2.24) is 9.80 Å². The van der Waals surface area contributed by atoms with Gasteiger partial charge in [-0.3, -0.25) is 13.8 Å². The SMILES string of the molecule is CS(=O)(=O)OC[C@H]1CC[C@H]2CN(C(=O)c3ccccc3)C(C(=O)N3CCCC3)C[C@H]2C1. The Morgan fingerprint density at radius 1 is 1.03 bits per heavy atom. The number of carbonyl (C=O) groups excluding carboxylic acids is 2. The normalized spacial score (nSPS) is 28.9. The van der Waals surface area contributed by atoms with E-state index in [0.29, 0.717) is 30.4 Å². The van der Waals surface area contributed by atoms with Crippen molar-refractivity contribution in [3.05, 3.63) is 35.9 Å². The Morgan fingerprint density at radius 2 is 1.74 bits per heavy atom. The Morgan fingerprint density at radius 3 is 2.42 bits per heavy atom. The van der Waals surface area contributed by atoms with Crippen molar-refractivity contribution < 1.29 is 22.2 Å². The zero-order chi connectivity index (χ0) is 22.0. The van der Waals surface area contributed by atoms with Gasteiger partial charge < -0.3 is 9.80 Å². The molecule has 4 atom stereocenters. The predicted octanol–water partition coefficient (Wildman–Crippen LogP) is 2.53. The van der Waals surface area contributed by atoms with Gasteiger partial charge in [-0.15, -0.1) is 0 Å². The number of piperidine rings is 1. The fraction of sp³-hybridized carbons (Fsp3) is 0.652. The van der Waals surface area contributed by atoms with Crippen LogP contribution in [0.15, 0.2) is 30.3 Å². The first-order valence-electron chi connectivity index (χ1n) is 11.3. The Hall–Kier alpha value is -1.93. The molecule has 3 aliphatic rings. The summed E-state index contributed by atoms with van der Waals surface area (Å²) in [4.78, 5) is 30.5. The van der Waals surface area contributed by atoms with Gasteiger partial charge in [0.25, 0.3) is 16.0 Å². The van der Waals surface area contributed by atoms with Crippen LogP contribution in [-0.4, -0.2) is 68.6 Å². The van der Waals surface area contributed by atoms with E-state index in [2.05, 4.69) is 0 Å². The number of benzene rings is 1. The summed E-state index contributed by atoms with van der Waals surface area (Å²) < 4.78 is 27.8. The van der Waals surface area contributed by atoms with E-state index in [0.717, 1.165) is 51.4 Å². The maximum Gasteiger partial charge on any atom is 0.264 e. The van der Waals surface area contributed by atoms with Crippen LogP contribution >= 0.6 is 0 Å². The van der Waals surface area contributed by atoms with E-state index < -0.39 is 16.2 Å². The standard InChI is InChI=1S/C23H32N2O5S/c1-31(28,29)30-16-17-9-10-19-15-25(22(26)18-7-3-2-4-8-18)21(14-20(19)13-17)23(27)24-11-5-6-12-24/h2-4,7-8,17,19-21H,5-6,9-16H2,1H3/t17-,19-,20+,21?/m0/s1. The van der Waals surface area contributed by atoms with E-state index in [1.165, 1.54) is 0 Å². The summed E-state index contributed by atoms with van der Waals surface area (Å²) in [5, 5.41) is 0. The summed E-state index contributed by atoms with van der Waals surface area (Å²) >= 11 is 0. The highest BCUT2D eigenvalue weighted by Crippen LogP contribution is 2.42. The van der Waals surface area contributed by atoms with Gasteiger partial charge in [-0.2, -0.15) is 8.42 Å². The van der Waals surface area contributed by atoms with E-state index in [9.17, 15) is 18.0 Å². The first-order valence-corrected chi connectivity index (χ1v) is 13.1. The van der Waals surface area contributed by atoms with Crippen molar-refractivity contribution >= 4 is 21.9 Å². The van der Waals surface area contributed by atoms with Gasteiger partial charge in [-0.1, -0.05) is 18.2 Å². The van der Waals surface area contributed by atoms with Gasteiger partial charge in [0.1, 0.15) is 6.04 Å². The average molecular weight is 449 g/mol. The molecule has 2 aliphatic heterocycles. The van der Waals surface area contributed by atoms with Crippen LogP contribution in [0.2, 0.25) is 0 Å². The molecule has 0 radical (unpaired) electrons. The molecule has 2 saturated heterocycles. The molecule has 0 N–H and O–H groups in total. The maximum atomic E-state index is 13.4. The minimum absolute atomic E-state index is 0.0646. The number of fused-ring (bicyclic) bond motifs is 1. The number of hydrogen-bond acceptors (Lipinski definition) is 5. The molecule has 1 aromatic carbocycles. The number of carbonyl (C=O) groups is 2. The first kappa shape index (κ1) is 22.3. The zero-order valence-electron chi connectivity index (χ0n) is 18.1. The van der Waals surface area contributed by atoms with E-state index >= 15 is 0 Å². The van der Waals surface area contributed by atoms with Gasteiger partial charge in [0.2, 0.25) is 5.91 Å². The molecular weight excluding hydrogens is 416 g/mol. The highest BCUT2D eigenvalue weighted by molar-refractivity contribution is 7.85. The van der Waals surface area contributed by atoms with Gasteiger partial charge in [-0.05, 0) is 68.4 Å². The smallest absolute Gasteiger partial charge is 0.264 e. The summed E-state index contributed by atoms with van der Waals surface area (Å²) in [7, 11) is -3.45. The third kappa shape index (κ3) is 5.29. The third-order valence-corrected chi connectivity index (χ3v) is 7.65. The molecule has 1 aliphatic carbocycles. The lowest BCUT2D eigenvalue weighted by Crippen LogP contribution is -2.57. The van der Waals surface area contributed by atoms with Crippen molar-refractivity contribution in [3.63, 3.8) is 0 Å². The van der Waals surface area contributed by atoms with Crippen LogP contribution in [0.3, 0.4) is 0 Å². The summed E-state index contributed by atoms with van der Waals surface area (Å²) in [6.45, 7) is 2.32. The number of rotatable bonds is 5. The number of nitrogens with zero attached hydrogens (tertiary/aromatic N) is 2. The highest BCUT2D eigenvalue weighted by atomic mass is 32.2. The Bertz CT molecular complexity index is 898. The van der Waals surface area contributed by atoms with Crippen LogP contribution in [0.4, 0.5) is 0 Å². The number of likely N-dealkylation sites (tertiary alicyclic amines) is 2. The summed E-state index contributed by atoms with van der Waals surface area (Å²) in [6.07, 6.45) is 6.41. The molecule has 170 valence electrons. The second-order valence-corrected chi connectivity index (χ2v) is 10.9. The quantitative estimate of drug-likeness (QED) is 0.647. The molecule has 2 amide bonds. The zero-order valence-corrected chi connectivity index (χ0v) is 18.9. The summed E-state index contributed by atoms with van der Waals surface area (Å²) in [5.41, 5.74) is 0.621. The van der Waals surface area contributed by atoms with Gasteiger partial charge in [0.15, 0.2) is 0 Å². The molecule has 2 heterocycles. The fourth-order valence-corrected chi connectivity index (χ4v) is 5.91. The van der Waals surface area contributed by atoms with Crippen LogP contribution in [0.5, 0.6) is 0 Å². The molecule has 1 saturated carbocycles. The first-order chi connectivity index (χ1) is 14.8. The largest absolute Gasteiger partial charge is 0.341 e. The predicted molar refractivity (Wildman–Crippen MR) is 117 cm³/mol. The molecule has 0 bridgehead atoms. The Kier molecular flexibility index (Phi) is 6.67. The van der Waals surface area contributed by atoms with Gasteiger partial charge in [0, 0.05) is 25.2 Å². The fourth-order valence-electron chi connectivity index (χ4n) is 5.47. The molecule has 31 heavy (non-hydrogen) atoms. The molecule has 0 aromatic heterocycles. The van der Waals surface area contributed by atoms with Crippen molar-refractivity contribution in [2.24, 2.45) is 17.8 Å². The third-order valence-electron chi connectivity index (χ3n) is 7.08. The molecule has 0 spiro atoms. The molecule has 4 rings (SSSR count). The minimum atomic E-state index is -3.45. The average Bonchev–Trinajstić information content (AvgIpc) is 3.31. The highest BCUT2D eigenvalue weighted by Gasteiger charge is 2.45. The lowest BCUT2D eigenvalue weighted by atomic mass is 9.69. The monoisotopic (exact) mass is 448 g/mol. The lowest BCUT2D eigenvalue weighted by molar-refractivity contribution is -0.138. The topological polar surface area (TPSA) is 84.0 Å². The number of amides is 2. The van der Waals surface area contributed by atoms with E-state index in [4.69, 9.17) is 4.18 Å². The summed E-state index contributed by atoms with van der Waals surface area (Å²) in [6, 6.07) is 8.77. The van der Waals surface area contributed by atoms with Crippen LogP contribution in [0.1, 0.15) is 48.9 Å². The van der Waals surface area contributed by atoms with Crippen molar-refractivity contribution in [2.75, 3.05) is 32.5 Å². The van der Waals surface area contributed by atoms with E-state index in [1.807, 2.05) is 40.1 Å². The molecule has 8 heteroatoms.